The van der Waals surface area contributed by atoms with Crippen LogP contribution in [0.15, 0.2) is 47.4 Å². The van der Waals surface area contributed by atoms with E-state index >= 15 is 0 Å². The van der Waals surface area contributed by atoms with Crippen LogP contribution in [0.3, 0.4) is 0 Å². The second-order valence-electron chi connectivity index (χ2n) is 6.74. The van der Waals surface area contributed by atoms with Gasteiger partial charge in [0.1, 0.15) is 0 Å². The molecule has 1 aliphatic heterocycles. The van der Waals surface area contributed by atoms with Gasteiger partial charge in [-0.25, -0.2) is 0 Å². The first-order chi connectivity index (χ1) is 14.0. The zero-order valence-corrected chi connectivity index (χ0v) is 17.8. The Kier molecular flexibility index (Phi) is 6.99. The lowest BCUT2D eigenvalue weighted by molar-refractivity contribution is -0.123. The summed E-state index contributed by atoms with van der Waals surface area (Å²) in [6.07, 6.45) is 2.63. The lowest BCUT2D eigenvalue weighted by Crippen LogP contribution is -2.27. The van der Waals surface area contributed by atoms with Crippen LogP contribution in [0.25, 0.3) is 6.08 Å². The molecule has 3 rings (SSSR count). The molecule has 0 saturated carbocycles. The van der Waals surface area contributed by atoms with Crippen LogP contribution in [0.5, 0.6) is 11.5 Å². The number of aryl methyl sites for hydroxylation is 1. The predicted octanol–water partition coefficient (Wildman–Crippen LogP) is 5.42. The summed E-state index contributed by atoms with van der Waals surface area (Å²) in [7, 11) is 0. The minimum Gasteiger partial charge on any atom is -0.490 e. The maximum absolute atomic E-state index is 12.8. The number of carbonyl (C=O) groups excluding carboxylic acids is 2. The topological polar surface area (TPSA) is 55.8 Å². The van der Waals surface area contributed by atoms with Gasteiger partial charge in [-0.3, -0.25) is 14.5 Å². The van der Waals surface area contributed by atoms with Crippen molar-refractivity contribution in [2.45, 2.75) is 33.7 Å². The molecule has 0 N–H and O–H groups in total. The Morgan fingerprint density at radius 1 is 1.03 bits per heavy atom. The minimum atomic E-state index is -0.272. The molecule has 1 heterocycles. The van der Waals surface area contributed by atoms with Crippen LogP contribution in [-0.2, 0) is 11.3 Å². The standard InChI is InChI=1S/C23H25NO4S/c1-4-11-28-19-10-9-17(13-20(19)27-5-2)14-21-22(25)24(23(26)29-21)15-18-8-6-7-16(3)12-18/h6-10,12-14H,4-5,11,15H2,1-3H3/b21-14-. The third-order valence-electron chi connectivity index (χ3n) is 4.32. The molecule has 2 aromatic carbocycles. The number of carbonyl (C=O) groups is 2. The van der Waals surface area contributed by atoms with E-state index in [-0.39, 0.29) is 17.7 Å². The van der Waals surface area contributed by atoms with Crippen molar-refractivity contribution in [2.24, 2.45) is 0 Å². The molecule has 5 nitrogen and oxygen atoms in total. The van der Waals surface area contributed by atoms with Gasteiger partial charge in [0.15, 0.2) is 11.5 Å². The van der Waals surface area contributed by atoms with Gasteiger partial charge in [-0.1, -0.05) is 42.8 Å². The number of thioether (sulfide) groups is 1. The van der Waals surface area contributed by atoms with E-state index in [9.17, 15) is 9.59 Å². The van der Waals surface area contributed by atoms with Gasteiger partial charge >= 0.3 is 0 Å². The van der Waals surface area contributed by atoms with Crippen molar-refractivity contribution in [2.75, 3.05) is 13.2 Å². The molecule has 6 heteroatoms. The van der Waals surface area contributed by atoms with Crippen molar-refractivity contribution in [3.8, 4) is 11.5 Å². The molecule has 2 amide bonds. The third-order valence-corrected chi connectivity index (χ3v) is 5.23. The van der Waals surface area contributed by atoms with Gasteiger partial charge in [0.2, 0.25) is 0 Å². The summed E-state index contributed by atoms with van der Waals surface area (Å²) >= 11 is 0.964. The fraction of sp³-hybridized carbons (Fsp3) is 0.304. The fourth-order valence-corrected chi connectivity index (χ4v) is 3.83. The largest absolute Gasteiger partial charge is 0.490 e. The summed E-state index contributed by atoms with van der Waals surface area (Å²) in [6.45, 7) is 7.34. The number of nitrogens with zero attached hydrogens (tertiary/aromatic N) is 1. The Labute approximate surface area is 175 Å². The molecule has 0 aromatic heterocycles. The van der Waals surface area contributed by atoms with Gasteiger partial charge in [-0.2, -0.15) is 0 Å². The monoisotopic (exact) mass is 411 g/mol. The van der Waals surface area contributed by atoms with Crippen molar-refractivity contribution >= 4 is 29.0 Å². The number of amides is 2. The highest BCUT2D eigenvalue weighted by molar-refractivity contribution is 8.18. The first-order valence-corrected chi connectivity index (χ1v) is 10.5. The second kappa shape index (κ2) is 9.65. The van der Waals surface area contributed by atoms with Crippen molar-refractivity contribution in [3.63, 3.8) is 0 Å². The van der Waals surface area contributed by atoms with Crippen molar-refractivity contribution in [3.05, 3.63) is 64.1 Å². The van der Waals surface area contributed by atoms with Crippen molar-refractivity contribution < 1.29 is 19.1 Å². The molecule has 1 aliphatic rings. The Morgan fingerprint density at radius 2 is 1.86 bits per heavy atom. The highest BCUT2D eigenvalue weighted by Gasteiger charge is 2.35. The maximum atomic E-state index is 12.8. The van der Waals surface area contributed by atoms with E-state index in [0.717, 1.165) is 34.9 Å². The number of hydrogen-bond acceptors (Lipinski definition) is 5. The molecular formula is C23H25NO4S. The van der Waals surface area contributed by atoms with Gasteiger partial charge in [-0.15, -0.1) is 0 Å². The molecule has 0 bridgehead atoms. The number of rotatable bonds is 8. The van der Waals surface area contributed by atoms with Crippen LogP contribution in [-0.4, -0.2) is 29.3 Å². The van der Waals surface area contributed by atoms with Gasteiger partial charge < -0.3 is 9.47 Å². The highest BCUT2D eigenvalue weighted by atomic mass is 32.2. The first-order valence-electron chi connectivity index (χ1n) is 9.72. The average Bonchev–Trinajstić information content (AvgIpc) is 2.95. The summed E-state index contributed by atoms with van der Waals surface area (Å²) in [4.78, 5) is 26.9. The van der Waals surface area contributed by atoms with E-state index in [4.69, 9.17) is 9.47 Å². The molecule has 0 atom stereocenters. The molecular weight excluding hydrogens is 386 g/mol. The highest BCUT2D eigenvalue weighted by Crippen LogP contribution is 2.35. The van der Waals surface area contributed by atoms with Crippen LogP contribution in [0, 0.1) is 6.92 Å². The zero-order valence-electron chi connectivity index (χ0n) is 16.9. The Hall–Kier alpha value is -2.73. The molecule has 1 fully saturated rings. The Bertz CT molecular complexity index is 938. The van der Waals surface area contributed by atoms with E-state index in [2.05, 4.69) is 0 Å². The van der Waals surface area contributed by atoms with E-state index in [1.807, 2.05) is 63.2 Å². The van der Waals surface area contributed by atoms with Gasteiger partial charge in [0, 0.05) is 0 Å². The number of ether oxygens (including phenoxy) is 2. The van der Waals surface area contributed by atoms with Gasteiger partial charge in [-0.05, 0) is 61.4 Å². The van der Waals surface area contributed by atoms with E-state index in [1.54, 1.807) is 6.08 Å². The fourth-order valence-electron chi connectivity index (χ4n) is 2.99. The van der Waals surface area contributed by atoms with Crippen LogP contribution in [0.2, 0.25) is 0 Å². The van der Waals surface area contributed by atoms with Crippen LogP contribution >= 0.6 is 11.8 Å². The quantitative estimate of drug-likeness (QED) is 0.543. The average molecular weight is 412 g/mol. The van der Waals surface area contributed by atoms with Gasteiger partial charge in [0.05, 0.1) is 24.7 Å². The lowest BCUT2D eigenvalue weighted by atomic mass is 10.1. The molecule has 0 aliphatic carbocycles. The zero-order chi connectivity index (χ0) is 20.8. The Morgan fingerprint density at radius 3 is 2.59 bits per heavy atom. The normalized spacial score (nSPS) is 15.3. The number of hydrogen-bond donors (Lipinski definition) is 0. The summed E-state index contributed by atoms with van der Waals surface area (Å²) < 4.78 is 11.4. The first kappa shape index (κ1) is 21.0. The number of benzene rings is 2. The van der Waals surface area contributed by atoms with Crippen LogP contribution in [0.4, 0.5) is 4.79 Å². The number of imide groups is 1. The van der Waals surface area contributed by atoms with E-state index in [1.165, 1.54) is 4.90 Å². The third kappa shape index (κ3) is 5.21. The van der Waals surface area contributed by atoms with Gasteiger partial charge in [0.25, 0.3) is 11.1 Å². The summed E-state index contributed by atoms with van der Waals surface area (Å²) in [5.41, 5.74) is 2.82. The second-order valence-corrected chi connectivity index (χ2v) is 7.74. The van der Waals surface area contributed by atoms with Crippen LogP contribution in [0.1, 0.15) is 37.0 Å². The summed E-state index contributed by atoms with van der Waals surface area (Å²) in [6, 6.07) is 13.4. The van der Waals surface area contributed by atoms with Crippen molar-refractivity contribution in [1.29, 1.82) is 0 Å². The lowest BCUT2D eigenvalue weighted by Gasteiger charge is -2.13. The molecule has 2 aromatic rings. The predicted molar refractivity (Wildman–Crippen MR) is 116 cm³/mol. The van der Waals surface area contributed by atoms with Crippen molar-refractivity contribution in [1.82, 2.24) is 4.90 Å². The molecule has 0 spiro atoms. The summed E-state index contributed by atoms with van der Waals surface area (Å²) in [5.74, 6) is 1.04. The van der Waals surface area contributed by atoms with Crippen LogP contribution < -0.4 is 9.47 Å². The maximum Gasteiger partial charge on any atom is 0.293 e. The SMILES string of the molecule is CCCOc1ccc(/C=C2\SC(=O)N(Cc3cccc(C)c3)C2=O)cc1OCC. The molecule has 0 unspecified atom stereocenters. The molecule has 1 saturated heterocycles. The summed E-state index contributed by atoms with van der Waals surface area (Å²) in [5, 5.41) is -0.254. The minimum absolute atomic E-state index is 0.254. The Balaban J connectivity index is 1.80. The molecule has 152 valence electrons. The van der Waals surface area contributed by atoms with E-state index < -0.39 is 0 Å². The molecule has 0 radical (unpaired) electrons. The van der Waals surface area contributed by atoms with E-state index in [0.29, 0.717) is 29.6 Å². The smallest absolute Gasteiger partial charge is 0.293 e. The molecule has 29 heavy (non-hydrogen) atoms.